The molecule has 0 aliphatic rings. The van der Waals surface area contributed by atoms with Crippen molar-refractivity contribution < 1.29 is 19.0 Å². The number of rotatable bonds is 7. The van der Waals surface area contributed by atoms with Crippen LogP contribution in [-0.2, 0) is 19.0 Å². The Morgan fingerprint density at radius 2 is 2.08 bits per heavy atom. The molecule has 0 spiro atoms. The van der Waals surface area contributed by atoms with Gasteiger partial charge in [-0.05, 0) is 13.8 Å². The summed E-state index contributed by atoms with van der Waals surface area (Å²) < 4.78 is 14.8. The van der Waals surface area contributed by atoms with Crippen LogP contribution >= 0.6 is 0 Å². The highest BCUT2D eigenvalue weighted by Gasteiger charge is 2.11. The van der Waals surface area contributed by atoms with Gasteiger partial charge in [0.15, 0.2) is 6.10 Å². The zero-order valence-corrected chi connectivity index (χ0v) is 8.54. The number of carbonyl (C=O) groups excluding carboxylic acids is 1. The van der Waals surface area contributed by atoms with Crippen molar-refractivity contribution in [3.05, 3.63) is 0 Å². The van der Waals surface area contributed by atoms with Crippen LogP contribution in [0.25, 0.3) is 0 Å². The standard InChI is InChI=1S/C9H18O4/c1-4-12-6-5-7-13-9(10)8(2)11-3/h8H,4-7H2,1-3H3. The maximum absolute atomic E-state index is 11.0. The van der Waals surface area contributed by atoms with Gasteiger partial charge in [0, 0.05) is 26.7 Å². The van der Waals surface area contributed by atoms with E-state index < -0.39 is 6.10 Å². The van der Waals surface area contributed by atoms with E-state index in [9.17, 15) is 4.79 Å². The first kappa shape index (κ1) is 12.4. The van der Waals surface area contributed by atoms with E-state index in [0.717, 1.165) is 6.42 Å². The highest BCUT2D eigenvalue weighted by atomic mass is 16.6. The quantitative estimate of drug-likeness (QED) is 0.443. The van der Waals surface area contributed by atoms with Crippen LogP contribution in [0.1, 0.15) is 20.3 Å². The molecule has 4 nitrogen and oxygen atoms in total. The molecule has 0 radical (unpaired) electrons. The van der Waals surface area contributed by atoms with Gasteiger partial charge in [-0.3, -0.25) is 0 Å². The molecule has 0 fully saturated rings. The van der Waals surface area contributed by atoms with Crippen LogP contribution in [0.5, 0.6) is 0 Å². The third kappa shape index (κ3) is 6.54. The van der Waals surface area contributed by atoms with Crippen molar-refractivity contribution in [3.8, 4) is 0 Å². The van der Waals surface area contributed by atoms with Crippen LogP contribution in [0.4, 0.5) is 0 Å². The first-order chi connectivity index (χ1) is 6.22. The summed E-state index contributed by atoms with van der Waals surface area (Å²) in [6.07, 6.45) is 0.253. The monoisotopic (exact) mass is 190 g/mol. The summed E-state index contributed by atoms with van der Waals surface area (Å²) in [5.41, 5.74) is 0. The van der Waals surface area contributed by atoms with Gasteiger partial charge in [-0.1, -0.05) is 0 Å². The SMILES string of the molecule is CCOCCCOC(=O)C(C)OC. The van der Waals surface area contributed by atoms with E-state index in [2.05, 4.69) is 0 Å². The Labute approximate surface area is 79.2 Å². The van der Waals surface area contributed by atoms with Gasteiger partial charge >= 0.3 is 5.97 Å². The van der Waals surface area contributed by atoms with Crippen LogP contribution in [-0.4, -0.2) is 39.0 Å². The maximum atomic E-state index is 11.0. The molecule has 13 heavy (non-hydrogen) atoms. The predicted octanol–water partition coefficient (Wildman–Crippen LogP) is 0.991. The minimum absolute atomic E-state index is 0.320. The molecule has 0 aliphatic carbocycles. The molecule has 0 rings (SSSR count). The third-order valence-corrected chi connectivity index (χ3v) is 1.57. The Morgan fingerprint density at radius 1 is 1.38 bits per heavy atom. The van der Waals surface area contributed by atoms with E-state index in [-0.39, 0.29) is 5.97 Å². The lowest BCUT2D eigenvalue weighted by Crippen LogP contribution is -2.22. The number of ether oxygens (including phenoxy) is 3. The Hall–Kier alpha value is -0.610. The molecule has 0 saturated carbocycles. The molecule has 0 saturated heterocycles. The van der Waals surface area contributed by atoms with Crippen LogP contribution in [0.15, 0.2) is 0 Å². The van der Waals surface area contributed by atoms with Crippen LogP contribution in [0.3, 0.4) is 0 Å². The van der Waals surface area contributed by atoms with E-state index in [4.69, 9.17) is 14.2 Å². The van der Waals surface area contributed by atoms with Gasteiger partial charge in [0.1, 0.15) is 0 Å². The smallest absolute Gasteiger partial charge is 0.334 e. The van der Waals surface area contributed by atoms with Crippen molar-refractivity contribution in [2.24, 2.45) is 0 Å². The molecule has 0 amide bonds. The van der Waals surface area contributed by atoms with Crippen LogP contribution < -0.4 is 0 Å². The second-order valence-electron chi connectivity index (χ2n) is 2.60. The van der Waals surface area contributed by atoms with Crippen molar-refractivity contribution >= 4 is 5.97 Å². The third-order valence-electron chi connectivity index (χ3n) is 1.57. The number of methoxy groups -OCH3 is 1. The topological polar surface area (TPSA) is 44.8 Å². The van der Waals surface area contributed by atoms with Crippen molar-refractivity contribution in [1.82, 2.24) is 0 Å². The molecule has 0 heterocycles. The molecule has 0 aromatic carbocycles. The Balaban J connectivity index is 3.27. The molecule has 78 valence electrons. The predicted molar refractivity (Wildman–Crippen MR) is 48.5 cm³/mol. The fraction of sp³-hybridized carbons (Fsp3) is 0.889. The zero-order chi connectivity index (χ0) is 10.1. The van der Waals surface area contributed by atoms with E-state index in [1.165, 1.54) is 7.11 Å². The van der Waals surface area contributed by atoms with Gasteiger partial charge in [-0.2, -0.15) is 0 Å². The van der Waals surface area contributed by atoms with Gasteiger partial charge in [0.05, 0.1) is 6.61 Å². The van der Waals surface area contributed by atoms with E-state index in [0.29, 0.717) is 19.8 Å². The molecule has 0 aliphatic heterocycles. The molecule has 0 aromatic rings. The van der Waals surface area contributed by atoms with Gasteiger partial charge in [0.25, 0.3) is 0 Å². The summed E-state index contributed by atoms with van der Waals surface area (Å²) in [5, 5.41) is 0. The fourth-order valence-corrected chi connectivity index (χ4v) is 0.692. The van der Waals surface area contributed by atoms with Gasteiger partial charge in [-0.15, -0.1) is 0 Å². The van der Waals surface area contributed by atoms with Crippen molar-refractivity contribution in [2.75, 3.05) is 26.9 Å². The Morgan fingerprint density at radius 3 is 2.62 bits per heavy atom. The summed E-state index contributed by atoms with van der Waals surface area (Å²) in [6, 6.07) is 0. The van der Waals surface area contributed by atoms with Gasteiger partial charge in [-0.25, -0.2) is 4.79 Å². The molecule has 0 aromatic heterocycles. The van der Waals surface area contributed by atoms with Gasteiger partial charge < -0.3 is 14.2 Å². The van der Waals surface area contributed by atoms with Crippen molar-refractivity contribution in [3.63, 3.8) is 0 Å². The highest BCUT2D eigenvalue weighted by Crippen LogP contribution is 1.93. The lowest BCUT2D eigenvalue weighted by molar-refractivity contribution is -0.154. The highest BCUT2D eigenvalue weighted by molar-refractivity contribution is 5.74. The molecular weight excluding hydrogens is 172 g/mol. The summed E-state index contributed by atoms with van der Waals surface area (Å²) in [7, 11) is 1.48. The van der Waals surface area contributed by atoms with Crippen molar-refractivity contribution in [1.29, 1.82) is 0 Å². The van der Waals surface area contributed by atoms with Crippen molar-refractivity contribution in [2.45, 2.75) is 26.4 Å². The lowest BCUT2D eigenvalue weighted by atomic mass is 10.4. The maximum Gasteiger partial charge on any atom is 0.334 e. The van der Waals surface area contributed by atoms with E-state index >= 15 is 0 Å². The normalized spacial score (nSPS) is 12.5. The second-order valence-corrected chi connectivity index (χ2v) is 2.60. The number of esters is 1. The summed E-state index contributed by atoms with van der Waals surface area (Å²) >= 11 is 0. The molecule has 4 heteroatoms. The average molecular weight is 190 g/mol. The van der Waals surface area contributed by atoms with Gasteiger partial charge in [0.2, 0.25) is 0 Å². The minimum Gasteiger partial charge on any atom is -0.464 e. The summed E-state index contributed by atoms with van der Waals surface area (Å²) in [6.45, 7) is 5.31. The summed E-state index contributed by atoms with van der Waals surface area (Å²) in [4.78, 5) is 11.0. The second kappa shape index (κ2) is 8.01. The largest absolute Gasteiger partial charge is 0.464 e. The molecule has 1 unspecified atom stereocenters. The molecule has 0 bridgehead atoms. The summed E-state index contributed by atoms with van der Waals surface area (Å²) in [5.74, 6) is -0.320. The Bertz CT molecular complexity index is 136. The lowest BCUT2D eigenvalue weighted by Gasteiger charge is -2.09. The number of hydrogen-bond acceptors (Lipinski definition) is 4. The van der Waals surface area contributed by atoms with Crippen LogP contribution in [0, 0.1) is 0 Å². The van der Waals surface area contributed by atoms with E-state index in [1.807, 2.05) is 6.92 Å². The Kier molecular flexibility index (Phi) is 7.63. The minimum atomic E-state index is -0.480. The average Bonchev–Trinajstić information content (AvgIpc) is 2.16. The van der Waals surface area contributed by atoms with E-state index in [1.54, 1.807) is 6.92 Å². The fourth-order valence-electron chi connectivity index (χ4n) is 0.692. The number of carbonyl (C=O) groups is 1. The first-order valence-corrected chi connectivity index (χ1v) is 4.49. The molecule has 1 atom stereocenters. The first-order valence-electron chi connectivity index (χ1n) is 4.49. The van der Waals surface area contributed by atoms with Crippen LogP contribution in [0.2, 0.25) is 0 Å². The molecular formula is C9H18O4. The number of hydrogen-bond donors (Lipinski definition) is 0. The molecule has 0 N–H and O–H groups in total. The zero-order valence-electron chi connectivity index (χ0n) is 8.54.